The highest BCUT2D eigenvalue weighted by Crippen LogP contribution is 2.23. The first-order valence-electron chi connectivity index (χ1n) is 5.57. The first kappa shape index (κ1) is 15.3. The lowest BCUT2D eigenvalue weighted by atomic mass is 10.6. The van der Waals surface area contributed by atoms with Crippen molar-refractivity contribution >= 4 is 17.8 Å². The Kier molecular flexibility index (Phi) is 5.21. The fourth-order valence-corrected chi connectivity index (χ4v) is 1.52. The molecule has 1 aromatic heterocycles. The lowest BCUT2D eigenvalue weighted by Gasteiger charge is -2.36. The number of ether oxygens (including phenoxy) is 3. The number of hydrogen-bond donors (Lipinski definition) is 2. The summed E-state index contributed by atoms with van der Waals surface area (Å²) in [4.78, 5) is 14.1. The highest BCUT2D eigenvalue weighted by atomic mass is 16.9. The maximum absolute atomic E-state index is 5.24. The van der Waals surface area contributed by atoms with Gasteiger partial charge in [0.2, 0.25) is 17.8 Å². The van der Waals surface area contributed by atoms with Crippen LogP contribution in [0.2, 0.25) is 0 Å². The van der Waals surface area contributed by atoms with Gasteiger partial charge < -0.3 is 24.8 Å². The first-order chi connectivity index (χ1) is 9.06. The van der Waals surface area contributed by atoms with Gasteiger partial charge in [0.15, 0.2) is 0 Å². The van der Waals surface area contributed by atoms with E-state index in [9.17, 15) is 0 Å². The normalized spacial score (nSPS) is 11.3. The van der Waals surface area contributed by atoms with Crippen molar-refractivity contribution in [2.24, 2.45) is 0 Å². The number of aromatic nitrogens is 3. The zero-order valence-corrected chi connectivity index (χ0v) is 12.0. The molecule has 0 atom stereocenters. The maximum atomic E-state index is 5.24. The van der Waals surface area contributed by atoms with Gasteiger partial charge in [-0.25, -0.2) is 0 Å². The van der Waals surface area contributed by atoms with E-state index < -0.39 is 6.10 Å². The number of nitrogens with one attached hydrogen (secondary N) is 2. The molecule has 0 aromatic carbocycles. The van der Waals surface area contributed by atoms with Crippen molar-refractivity contribution in [1.29, 1.82) is 0 Å². The van der Waals surface area contributed by atoms with Crippen LogP contribution in [0.3, 0.4) is 0 Å². The molecule has 0 saturated carbocycles. The summed E-state index contributed by atoms with van der Waals surface area (Å²) >= 11 is 0. The molecule has 108 valence electrons. The van der Waals surface area contributed by atoms with Gasteiger partial charge in [-0.3, -0.25) is 4.90 Å². The molecule has 9 nitrogen and oxygen atoms in total. The molecule has 0 radical (unpaired) electrons. The van der Waals surface area contributed by atoms with Crippen LogP contribution in [0.1, 0.15) is 0 Å². The third-order valence-electron chi connectivity index (χ3n) is 2.56. The SMILES string of the molecule is CNc1nc(NC)nc(N(C)C(OC)(OC)OC)n1. The van der Waals surface area contributed by atoms with Gasteiger partial charge in [0.25, 0.3) is 0 Å². The van der Waals surface area contributed by atoms with Crippen molar-refractivity contribution in [1.82, 2.24) is 15.0 Å². The molecule has 0 aliphatic heterocycles. The van der Waals surface area contributed by atoms with Crippen LogP contribution < -0.4 is 15.5 Å². The second-order valence-corrected chi connectivity index (χ2v) is 3.48. The van der Waals surface area contributed by atoms with Crippen molar-refractivity contribution in [3.8, 4) is 0 Å². The summed E-state index contributed by atoms with van der Waals surface area (Å²) in [7, 11) is 9.50. The van der Waals surface area contributed by atoms with Crippen LogP contribution in [0.25, 0.3) is 0 Å². The topological polar surface area (TPSA) is 93.7 Å². The molecular weight excluding hydrogens is 252 g/mol. The van der Waals surface area contributed by atoms with E-state index >= 15 is 0 Å². The van der Waals surface area contributed by atoms with Crippen molar-refractivity contribution in [3.63, 3.8) is 0 Å². The van der Waals surface area contributed by atoms with Crippen LogP contribution >= 0.6 is 0 Å². The van der Waals surface area contributed by atoms with E-state index in [4.69, 9.17) is 14.2 Å². The maximum Gasteiger partial charge on any atom is 0.378 e. The molecular formula is C10H20N6O3. The van der Waals surface area contributed by atoms with Crippen LogP contribution in [0.15, 0.2) is 0 Å². The van der Waals surface area contributed by atoms with E-state index in [1.54, 1.807) is 21.1 Å². The number of methoxy groups -OCH3 is 3. The Bertz CT molecular complexity index is 382. The van der Waals surface area contributed by atoms with Gasteiger partial charge in [0.1, 0.15) is 0 Å². The molecule has 9 heteroatoms. The highest BCUT2D eigenvalue weighted by Gasteiger charge is 2.38. The molecule has 2 N–H and O–H groups in total. The molecule has 0 aliphatic rings. The Morgan fingerprint density at radius 3 is 1.63 bits per heavy atom. The van der Waals surface area contributed by atoms with E-state index in [1.807, 2.05) is 0 Å². The predicted molar refractivity (Wildman–Crippen MR) is 71.1 cm³/mol. The van der Waals surface area contributed by atoms with Crippen molar-refractivity contribution in [2.45, 2.75) is 6.10 Å². The molecule has 0 spiro atoms. The number of anilines is 3. The van der Waals surface area contributed by atoms with Gasteiger partial charge in [-0.1, -0.05) is 0 Å². The lowest BCUT2D eigenvalue weighted by Crippen LogP contribution is -2.52. The average Bonchev–Trinajstić information content (AvgIpc) is 2.48. The van der Waals surface area contributed by atoms with Gasteiger partial charge in [0.05, 0.1) is 0 Å². The Hall–Kier alpha value is -1.71. The van der Waals surface area contributed by atoms with Crippen LogP contribution in [-0.4, -0.2) is 63.5 Å². The monoisotopic (exact) mass is 272 g/mol. The van der Waals surface area contributed by atoms with Gasteiger partial charge >= 0.3 is 6.10 Å². The largest absolute Gasteiger partial charge is 0.378 e. The summed E-state index contributed by atoms with van der Waals surface area (Å²) in [6.45, 7) is 0. The Balaban J connectivity index is 3.20. The molecule has 0 amide bonds. The smallest absolute Gasteiger partial charge is 0.357 e. The van der Waals surface area contributed by atoms with Crippen LogP contribution in [0.5, 0.6) is 0 Å². The van der Waals surface area contributed by atoms with Gasteiger partial charge in [-0.15, -0.1) is 0 Å². The summed E-state index contributed by atoms with van der Waals surface area (Å²) in [5.41, 5.74) is 0. The van der Waals surface area contributed by atoms with Crippen LogP contribution in [-0.2, 0) is 14.2 Å². The summed E-state index contributed by atoms with van der Waals surface area (Å²) in [6, 6.07) is 0. The Morgan fingerprint density at radius 2 is 1.32 bits per heavy atom. The molecule has 0 fully saturated rings. The minimum atomic E-state index is -1.41. The zero-order valence-electron chi connectivity index (χ0n) is 12.0. The average molecular weight is 272 g/mol. The molecule has 19 heavy (non-hydrogen) atoms. The summed E-state index contributed by atoms with van der Waals surface area (Å²) in [5.74, 6) is 1.16. The fourth-order valence-electron chi connectivity index (χ4n) is 1.52. The van der Waals surface area contributed by atoms with Gasteiger partial charge in [0, 0.05) is 42.5 Å². The minimum Gasteiger partial charge on any atom is -0.357 e. The molecule has 0 saturated heterocycles. The predicted octanol–water partition coefficient (Wildman–Crippen LogP) is -0.0583. The third kappa shape index (κ3) is 3.00. The summed E-state index contributed by atoms with van der Waals surface area (Å²) in [6.07, 6.45) is -1.41. The minimum absolute atomic E-state index is 0.328. The van der Waals surface area contributed by atoms with Gasteiger partial charge in [-0.2, -0.15) is 15.0 Å². The Labute approximate surface area is 112 Å². The van der Waals surface area contributed by atoms with Crippen LogP contribution in [0, 0.1) is 0 Å². The van der Waals surface area contributed by atoms with Crippen LogP contribution in [0.4, 0.5) is 17.8 Å². The molecule has 1 heterocycles. The first-order valence-corrected chi connectivity index (χ1v) is 5.57. The van der Waals surface area contributed by atoms with E-state index in [-0.39, 0.29) is 0 Å². The van der Waals surface area contributed by atoms with Crippen molar-refractivity contribution in [3.05, 3.63) is 0 Å². The molecule has 1 aromatic rings. The standard InChI is InChI=1S/C10H20N6O3/c1-11-7-13-8(12-2)15-9(14-7)16(3)10(17-4,18-5)19-6/h1-6H3,(H2,11,12,13,14,15). The van der Waals surface area contributed by atoms with E-state index in [0.29, 0.717) is 17.8 Å². The van der Waals surface area contributed by atoms with E-state index in [2.05, 4.69) is 25.6 Å². The Morgan fingerprint density at radius 1 is 0.895 bits per heavy atom. The molecule has 0 bridgehead atoms. The molecule has 0 unspecified atom stereocenters. The fraction of sp³-hybridized carbons (Fsp3) is 0.700. The number of rotatable bonds is 7. The summed E-state index contributed by atoms with van der Waals surface area (Å²) < 4.78 is 15.7. The number of nitrogens with zero attached hydrogens (tertiary/aromatic N) is 4. The second-order valence-electron chi connectivity index (χ2n) is 3.48. The molecule has 1 rings (SSSR count). The second kappa shape index (κ2) is 6.45. The zero-order chi connectivity index (χ0) is 14.5. The van der Waals surface area contributed by atoms with E-state index in [0.717, 1.165) is 0 Å². The quantitative estimate of drug-likeness (QED) is 0.662. The lowest BCUT2D eigenvalue weighted by molar-refractivity contribution is -0.349. The third-order valence-corrected chi connectivity index (χ3v) is 2.56. The number of hydrogen-bond acceptors (Lipinski definition) is 9. The van der Waals surface area contributed by atoms with E-state index in [1.165, 1.54) is 26.2 Å². The van der Waals surface area contributed by atoms with Crippen molar-refractivity contribution in [2.75, 3.05) is 58.0 Å². The summed E-state index contributed by atoms with van der Waals surface area (Å²) in [5, 5.41) is 5.70. The van der Waals surface area contributed by atoms with Crippen molar-refractivity contribution < 1.29 is 14.2 Å². The highest BCUT2D eigenvalue weighted by molar-refractivity contribution is 5.43. The molecule has 0 aliphatic carbocycles. The van der Waals surface area contributed by atoms with Gasteiger partial charge in [-0.05, 0) is 0 Å².